The zero-order valence-corrected chi connectivity index (χ0v) is 21.4. The number of aromatic nitrogens is 2. The summed E-state index contributed by atoms with van der Waals surface area (Å²) in [4.78, 5) is 43.1. The molecule has 3 aromatic rings. The molecule has 5 rings (SSSR count). The summed E-state index contributed by atoms with van der Waals surface area (Å²) in [6.45, 7) is 3.68. The SMILES string of the molecule is COc1ccccc1CNC(=O)C1CCCN(c2cccc3c2C(=O)N(Cc2cnn(C)c2C)C3=O)C1. The number of carbonyl (C=O) groups is 3. The highest BCUT2D eigenvalue weighted by Gasteiger charge is 2.39. The molecular formula is C28H31N5O4. The first-order valence-electron chi connectivity index (χ1n) is 12.5. The Labute approximate surface area is 216 Å². The lowest BCUT2D eigenvalue weighted by atomic mass is 9.95. The van der Waals surface area contributed by atoms with Gasteiger partial charge >= 0.3 is 0 Å². The average molecular weight is 502 g/mol. The minimum atomic E-state index is -0.304. The largest absolute Gasteiger partial charge is 0.496 e. The quantitative estimate of drug-likeness (QED) is 0.500. The first kappa shape index (κ1) is 24.5. The number of rotatable bonds is 7. The van der Waals surface area contributed by atoms with Gasteiger partial charge in [-0.15, -0.1) is 0 Å². The first-order valence-corrected chi connectivity index (χ1v) is 12.5. The third-order valence-corrected chi connectivity index (χ3v) is 7.42. The summed E-state index contributed by atoms with van der Waals surface area (Å²) in [5, 5.41) is 7.27. The second kappa shape index (κ2) is 10.1. The Hall–Kier alpha value is -4.14. The van der Waals surface area contributed by atoms with E-state index in [0.29, 0.717) is 29.9 Å². The minimum absolute atomic E-state index is 0.0285. The number of aryl methyl sites for hydroxylation is 1. The van der Waals surface area contributed by atoms with Gasteiger partial charge in [-0.25, -0.2) is 0 Å². The Morgan fingerprint density at radius 1 is 1.11 bits per heavy atom. The van der Waals surface area contributed by atoms with E-state index in [1.807, 2.05) is 50.4 Å². The molecule has 3 heterocycles. The summed E-state index contributed by atoms with van der Waals surface area (Å²) in [5.41, 5.74) is 4.21. The Bertz CT molecular complexity index is 1360. The van der Waals surface area contributed by atoms with Gasteiger partial charge in [-0.2, -0.15) is 5.10 Å². The van der Waals surface area contributed by atoms with Crippen LogP contribution in [-0.4, -0.2) is 52.6 Å². The number of nitrogens with one attached hydrogen (secondary N) is 1. The highest BCUT2D eigenvalue weighted by Crippen LogP contribution is 2.35. The molecule has 37 heavy (non-hydrogen) atoms. The normalized spacial score (nSPS) is 17.2. The molecule has 0 bridgehead atoms. The number of ether oxygens (including phenoxy) is 1. The van der Waals surface area contributed by atoms with Crippen LogP contribution in [0.1, 0.15) is 50.4 Å². The van der Waals surface area contributed by atoms with E-state index in [-0.39, 0.29) is 30.2 Å². The Kier molecular flexibility index (Phi) is 6.69. The van der Waals surface area contributed by atoms with Crippen LogP contribution in [0.3, 0.4) is 0 Å². The Balaban J connectivity index is 1.31. The number of para-hydroxylation sites is 1. The fourth-order valence-electron chi connectivity index (χ4n) is 5.18. The van der Waals surface area contributed by atoms with E-state index in [1.54, 1.807) is 24.1 Å². The number of nitrogens with zero attached hydrogens (tertiary/aromatic N) is 4. The van der Waals surface area contributed by atoms with Gasteiger partial charge in [-0.3, -0.25) is 24.0 Å². The number of amides is 3. The van der Waals surface area contributed by atoms with E-state index in [4.69, 9.17) is 4.74 Å². The van der Waals surface area contributed by atoms with E-state index in [2.05, 4.69) is 15.3 Å². The second-order valence-corrected chi connectivity index (χ2v) is 9.59. The van der Waals surface area contributed by atoms with Crippen LogP contribution in [0.25, 0.3) is 0 Å². The molecule has 1 N–H and O–H groups in total. The van der Waals surface area contributed by atoms with Crippen molar-refractivity contribution < 1.29 is 19.1 Å². The number of carbonyl (C=O) groups excluding carboxylic acids is 3. The maximum Gasteiger partial charge on any atom is 0.263 e. The van der Waals surface area contributed by atoms with Gasteiger partial charge in [0.25, 0.3) is 11.8 Å². The van der Waals surface area contributed by atoms with Crippen LogP contribution in [0.5, 0.6) is 5.75 Å². The van der Waals surface area contributed by atoms with Gasteiger partial charge in [0.05, 0.1) is 42.6 Å². The number of methoxy groups -OCH3 is 1. The standard InChI is InChI=1S/C28H31N5O4/c1-18-21(15-30-31(18)2)17-33-27(35)22-10-6-11-23(25(22)28(33)36)32-13-7-9-20(16-32)26(34)29-14-19-8-4-5-12-24(19)37-3/h4-6,8,10-12,15,20H,7,9,13-14,16-17H2,1-3H3,(H,29,34). The van der Waals surface area contributed by atoms with Gasteiger partial charge in [-0.05, 0) is 38.0 Å². The maximum absolute atomic E-state index is 13.5. The average Bonchev–Trinajstić information content (AvgIpc) is 3.37. The molecular weight excluding hydrogens is 470 g/mol. The van der Waals surface area contributed by atoms with Crippen LogP contribution in [0.4, 0.5) is 5.69 Å². The summed E-state index contributed by atoms with van der Waals surface area (Å²) in [5.74, 6) is -0.114. The molecule has 1 saturated heterocycles. The summed E-state index contributed by atoms with van der Waals surface area (Å²) < 4.78 is 7.11. The number of hydrogen-bond acceptors (Lipinski definition) is 6. The van der Waals surface area contributed by atoms with Crippen LogP contribution < -0.4 is 15.0 Å². The zero-order valence-electron chi connectivity index (χ0n) is 21.4. The zero-order chi connectivity index (χ0) is 26.1. The van der Waals surface area contributed by atoms with Crippen molar-refractivity contribution in [3.63, 3.8) is 0 Å². The molecule has 9 heteroatoms. The predicted octanol–water partition coefficient (Wildman–Crippen LogP) is 3.07. The maximum atomic E-state index is 13.5. The van der Waals surface area contributed by atoms with Crippen LogP contribution >= 0.6 is 0 Å². The van der Waals surface area contributed by atoms with Crippen molar-refractivity contribution in [3.05, 3.63) is 76.6 Å². The van der Waals surface area contributed by atoms with Gasteiger partial charge in [0.2, 0.25) is 5.91 Å². The van der Waals surface area contributed by atoms with Gasteiger partial charge in [0.15, 0.2) is 0 Å². The molecule has 2 aliphatic heterocycles. The highest BCUT2D eigenvalue weighted by molar-refractivity contribution is 6.23. The minimum Gasteiger partial charge on any atom is -0.496 e. The summed E-state index contributed by atoms with van der Waals surface area (Å²) in [6.07, 6.45) is 3.28. The highest BCUT2D eigenvalue weighted by atomic mass is 16.5. The molecule has 0 saturated carbocycles. The molecule has 1 atom stereocenters. The van der Waals surface area contributed by atoms with Crippen LogP contribution in [0.2, 0.25) is 0 Å². The lowest BCUT2D eigenvalue weighted by Crippen LogP contribution is -2.43. The third kappa shape index (κ3) is 4.57. The van der Waals surface area contributed by atoms with Crippen molar-refractivity contribution in [3.8, 4) is 5.75 Å². The van der Waals surface area contributed by atoms with E-state index in [0.717, 1.165) is 42.0 Å². The molecule has 1 fully saturated rings. The molecule has 1 aromatic heterocycles. The van der Waals surface area contributed by atoms with Crippen LogP contribution in [0.15, 0.2) is 48.7 Å². The van der Waals surface area contributed by atoms with E-state index < -0.39 is 0 Å². The number of imide groups is 1. The van der Waals surface area contributed by atoms with Crippen molar-refractivity contribution >= 4 is 23.4 Å². The second-order valence-electron chi connectivity index (χ2n) is 9.59. The Morgan fingerprint density at radius 3 is 2.68 bits per heavy atom. The molecule has 3 amide bonds. The van der Waals surface area contributed by atoms with E-state index in [1.165, 1.54) is 4.90 Å². The van der Waals surface area contributed by atoms with Crippen LogP contribution in [-0.2, 0) is 24.9 Å². The lowest BCUT2D eigenvalue weighted by Gasteiger charge is -2.34. The summed E-state index contributed by atoms with van der Waals surface area (Å²) in [6, 6.07) is 13.0. The van der Waals surface area contributed by atoms with Crippen LogP contribution in [0, 0.1) is 12.8 Å². The van der Waals surface area contributed by atoms with Crippen molar-refractivity contribution in [1.29, 1.82) is 0 Å². The van der Waals surface area contributed by atoms with Gasteiger partial charge in [-0.1, -0.05) is 24.3 Å². The molecule has 0 aliphatic carbocycles. The Morgan fingerprint density at radius 2 is 1.92 bits per heavy atom. The topological polar surface area (TPSA) is 96.8 Å². The van der Waals surface area contributed by atoms with Gasteiger partial charge in [0, 0.05) is 43.5 Å². The molecule has 192 valence electrons. The van der Waals surface area contributed by atoms with Crippen molar-refractivity contribution in [2.75, 3.05) is 25.1 Å². The smallest absolute Gasteiger partial charge is 0.263 e. The van der Waals surface area contributed by atoms with Gasteiger partial charge < -0.3 is 15.0 Å². The van der Waals surface area contributed by atoms with Gasteiger partial charge in [0.1, 0.15) is 5.75 Å². The van der Waals surface area contributed by atoms with E-state index >= 15 is 0 Å². The molecule has 9 nitrogen and oxygen atoms in total. The number of benzene rings is 2. The number of fused-ring (bicyclic) bond motifs is 1. The number of anilines is 1. The predicted molar refractivity (Wildman–Crippen MR) is 138 cm³/mol. The molecule has 1 unspecified atom stereocenters. The van der Waals surface area contributed by atoms with Crippen molar-refractivity contribution in [2.45, 2.75) is 32.9 Å². The first-order chi connectivity index (χ1) is 17.9. The molecule has 0 spiro atoms. The number of piperidine rings is 1. The number of hydrogen-bond donors (Lipinski definition) is 1. The fourth-order valence-corrected chi connectivity index (χ4v) is 5.18. The molecule has 2 aromatic carbocycles. The molecule has 2 aliphatic rings. The lowest BCUT2D eigenvalue weighted by molar-refractivity contribution is -0.125. The monoisotopic (exact) mass is 501 g/mol. The third-order valence-electron chi connectivity index (χ3n) is 7.42. The summed E-state index contributed by atoms with van der Waals surface area (Å²) >= 11 is 0. The molecule has 0 radical (unpaired) electrons. The summed E-state index contributed by atoms with van der Waals surface area (Å²) in [7, 11) is 3.45. The van der Waals surface area contributed by atoms with Crippen molar-refractivity contribution in [2.24, 2.45) is 13.0 Å². The fraction of sp³-hybridized carbons (Fsp3) is 0.357. The van der Waals surface area contributed by atoms with Crippen molar-refractivity contribution in [1.82, 2.24) is 20.0 Å². The van der Waals surface area contributed by atoms with E-state index in [9.17, 15) is 14.4 Å².